The molecule has 0 aliphatic carbocycles. The first-order chi connectivity index (χ1) is 9.17. The van der Waals surface area contributed by atoms with E-state index in [4.69, 9.17) is 4.74 Å². The van der Waals surface area contributed by atoms with Crippen molar-refractivity contribution >= 4 is 11.3 Å². The summed E-state index contributed by atoms with van der Waals surface area (Å²) in [5.74, 6) is 0.870. The molecule has 0 bridgehead atoms. The van der Waals surface area contributed by atoms with Crippen molar-refractivity contribution in [1.29, 1.82) is 0 Å². The molecule has 1 atom stereocenters. The highest BCUT2D eigenvalue weighted by molar-refractivity contribution is 7.07. The summed E-state index contributed by atoms with van der Waals surface area (Å²) in [6.07, 6.45) is 1.05. The van der Waals surface area contributed by atoms with Crippen LogP contribution in [0.3, 0.4) is 0 Å². The molecule has 2 rings (SSSR count). The van der Waals surface area contributed by atoms with E-state index in [2.05, 4.69) is 34.1 Å². The van der Waals surface area contributed by atoms with E-state index < -0.39 is 0 Å². The van der Waals surface area contributed by atoms with Crippen LogP contribution in [0.25, 0.3) is 0 Å². The minimum atomic E-state index is 0.433. The fraction of sp³-hybridized carbons (Fsp3) is 0.400. The Bertz CT molecular complexity index is 511. The van der Waals surface area contributed by atoms with Crippen LogP contribution in [0.2, 0.25) is 0 Å². The van der Waals surface area contributed by atoms with Crippen LogP contribution >= 0.6 is 11.3 Å². The standard InChI is InChI=1S/C15H20N2OS/c1-11(6-13-4-5-19-10-13)16-9-14-8-15(18-3)7-12(2)17-14/h4-5,7-8,10-11,16H,6,9H2,1-3H3. The van der Waals surface area contributed by atoms with Gasteiger partial charge in [0.1, 0.15) is 5.75 Å². The maximum Gasteiger partial charge on any atom is 0.122 e. The average molecular weight is 276 g/mol. The van der Waals surface area contributed by atoms with Gasteiger partial charge >= 0.3 is 0 Å². The summed E-state index contributed by atoms with van der Waals surface area (Å²) in [4.78, 5) is 4.51. The number of thiophene rings is 1. The highest BCUT2D eigenvalue weighted by atomic mass is 32.1. The van der Waals surface area contributed by atoms with Crippen LogP contribution in [0.1, 0.15) is 23.9 Å². The minimum Gasteiger partial charge on any atom is -0.497 e. The topological polar surface area (TPSA) is 34.1 Å². The zero-order valence-electron chi connectivity index (χ0n) is 11.6. The van der Waals surface area contributed by atoms with E-state index in [-0.39, 0.29) is 0 Å². The van der Waals surface area contributed by atoms with Gasteiger partial charge < -0.3 is 10.1 Å². The molecule has 2 heterocycles. The van der Waals surface area contributed by atoms with Gasteiger partial charge in [-0.25, -0.2) is 0 Å². The third kappa shape index (κ3) is 4.33. The molecule has 0 saturated carbocycles. The number of aryl methyl sites for hydroxylation is 1. The van der Waals surface area contributed by atoms with E-state index in [0.29, 0.717) is 6.04 Å². The summed E-state index contributed by atoms with van der Waals surface area (Å²) < 4.78 is 5.26. The van der Waals surface area contributed by atoms with Crippen LogP contribution in [-0.2, 0) is 13.0 Å². The van der Waals surface area contributed by atoms with Crippen molar-refractivity contribution in [3.63, 3.8) is 0 Å². The first kappa shape index (κ1) is 14.0. The van der Waals surface area contributed by atoms with Crippen molar-refractivity contribution in [3.8, 4) is 5.75 Å². The lowest BCUT2D eigenvalue weighted by molar-refractivity contribution is 0.412. The molecule has 2 aromatic rings. The van der Waals surface area contributed by atoms with Crippen molar-refractivity contribution < 1.29 is 4.74 Å². The predicted molar refractivity (Wildman–Crippen MR) is 79.9 cm³/mol. The molecular weight excluding hydrogens is 256 g/mol. The Balaban J connectivity index is 1.89. The van der Waals surface area contributed by atoms with Crippen LogP contribution in [0.5, 0.6) is 5.75 Å². The minimum absolute atomic E-state index is 0.433. The molecule has 0 saturated heterocycles. The van der Waals surface area contributed by atoms with Gasteiger partial charge in [0.15, 0.2) is 0 Å². The Morgan fingerprint density at radius 1 is 1.42 bits per heavy atom. The molecular formula is C15H20N2OS. The van der Waals surface area contributed by atoms with Gasteiger partial charge in [0.2, 0.25) is 0 Å². The van der Waals surface area contributed by atoms with Crippen LogP contribution < -0.4 is 10.1 Å². The van der Waals surface area contributed by atoms with Crippen molar-refractivity contribution in [2.24, 2.45) is 0 Å². The second kappa shape index (κ2) is 6.68. The Morgan fingerprint density at radius 3 is 2.95 bits per heavy atom. The molecule has 2 aromatic heterocycles. The average Bonchev–Trinajstić information content (AvgIpc) is 2.88. The van der Waals surface area contributed by atoms with E-state index in [9.17, 15) is 0 Å². The van der Waals surface area contributed by atoms with Crippen LogP contribution in [0, 0.1) is 6.92 Å². The second-order valence-electron chi connectivity index (χ2n) is 4.76. The normalized spacial score (nSPS) is 12.4. The maximum atomic E-state index is 5.26. The lowest BCUT2D eigenvalue weighted by Gasteiger charge is -2.13. The molecule has 3 nitrogen and oxygen atoms in total. The van der Waals surface area contributed by atoms with Crippen LogP contribution in [0.4, 0.5) is 0 Å². The smallest absolute Gasteiger partial charge is 0.122 e. The van der Waals surface area contributed by atoms with Gasteiger partial charge in [-0.15, -0.1) is 0 Å². The lowest BCUT2D eigenvalue weighted by Crippen LogP contribution is -2.27. The number of pyridine rings is 1. The molecule has 0 aliphatic heterocycles. The lowest BCUT2D eigenvalue weighted by atomic mass is 10.1. The van der Waals surface area contributed by atoms with Crippen molar-refractivity contribution in [1.82, 2.24) is 10.3 Å². The SMILES string of the molecule is COc1cc(C)nc(CNC(C)Cc2ccsc2)c1. The largest absolute Gasteiger partial charge is 0.497 e. The van der Waals surface area contributed by atoms with Crippen LogP contribution in [0.15, 0.2) is 29.0 Å². The number of hydrogen-bond donors (Lipinski definition) is 1. The summed E-state index contributed by atoms with van der Waals surface area (Å²) in [5.41, 5.74) is 3.40. The molecule has 0 fully saturated rings. The Morgan fingerprint density at radius 2 is 2.26 bits per heavy atom. The first-order valence-electron chi connectivity index (χ1n) is 6.43. The molecule has 0 amide bonds. The van der Waals surface area contributed by atoms with Gasteiger partial charge in [-0.2, -0.15) is 11.3 Å². The monoisotopic (exact) mass is 276 g/mol. The van der Waals surface area contributed by atoms with Crippen molar-refractivity contribution in [3.05, 3.63) is 45.9 Å². The van der Waals surface area contributed by atoms with E-state index >= 15 is 0 Å². The number of hydrogen-bond acceptors (Lipinski definition) is 4. The highest BCUT2D eigenvalue weighted by Crippen LogP contribution is 2.13. The van der Waals surface area contributed by atoms with Gasteiger partial charge in [-0.1, -0.05) is 0 Å². The number of ether oxygens (including phenoxy) is 1. The molecule has 102 valence electrons. The Labute approximate surface area is 118 Å². The molecule has 0 aliphatic rings. The third-order valence-corrected chi connectivity index (χ3v) is 3.70. The Kier molecular flexibility index (Phi) is 4.93. The number of rotatable bonds is 6. The van der Waals surface area contributed by atoms with E-state index in [0.717, 1.165) is 30.1 Å². The molecule has 4 heteroatoms. The summed E-state index contributed by atoms with van der Waals surface area (Å²) in [6, 6.07) is 6.54. The van der Waals surface area contributed by atoms with Gasteiger partial charge in [-0.3, -0.25) is 4.98 Å². The molecule has 0 radical (unpaired) electrons. The number of methoxy groups -OCH3 is 1. The van der Waals surface area contributed by atoms with Crippen molar-refractivity contribution in [2.45, 2.75) is 32.9 Å². The van der Waals surface area contributed by atoms with E-state index in [1.165, 1.54) is 5.56 Å². The van der Waals surface area contributed by atoms with E-state index in [1.807, 2.05) is 19.1 Å². The Hall–Kier alpha value is -1.39. The summed E-state index contributed by atoms with van der Waals surface area (Å²) in [5, 5.41) is 7.82. The third-order valence-electron chi connectivity index (χ3n) is 2.97. The summed E-state index contributed by atoms with van der Waals surface area (Å²) in [7, 11) is 1.69. The number of nitrogens with one attached hydrogen (secondary N) is 1. The number of nitrogens with zero attached hydrogens (tertiary/aromatic N) is 1. The quantitative estimate of drug-likeness (QED) is 0.880. The first-order valence-corrected chi connectivity index (χ1v) is 7.37. The second-order valence-corrected chi connectivity index (χ2v) is 5.54. The van der Waals surface area contributed by atoms with Crippen molar-refractivity contribution in [2.75, 3.05) is 7.11 Å². The molecule has 19 heavy (non-hydrogen) atoms. The molecule has 1 unspecified atom stereocenters. The van der Waals surface area contributed by atoms with Crippen LogP contribution in [-0.4, -0.2) is 18.1 Å². The predicted octanol–water partition coefficient (Wildman–Crippen LogP) is 3.18. The van der Waals surface area contributed by atoms with Gasteiger partial charge in [0, 0.05) is 30.4 Å². The van der Waals surface area contributed by atoms with Gasteiger partial charge in [0.05, 0.1) is 12.8 Å². The number of aromatic nitrogens is 1. The molecule has 1 N–H and O–H groups in total. The zero-order chi connectivity index (χ0) is 13.7. The zero-order valence-corrected chi connectivity index (χ0v) is 12.5. The molecule has 0 aromatic carbocycles. The van der Waals surface area contributed by atoms with E-state index in [1.54, 1.807) is 18.4 Å². The highest BCUT2D eigenvalue weighted by Gasteiger charge is 2.05. The fourth-order valence-electron chi connectivity index (χ4n) is 2.02. The van der Waals surface area contributed by atoms with Gasteiger partial charge in [0.25, 0.3) is 0 Å². The van der Waals surface area contributed by atoms with Gasteiger partial charge in [-0.05, 0) is 42.7 Å². The fourth-order valence-corrected chi connectivity index (χ4v) is 2.71. The molecule has 0 spiro atoms. The summed E-state index contributed by atoms with van der Waals surface area (Å²) >= 11 is 1.75. The summed E-state index contributed by atoms with van der Waals surface area (Å²) in [6.45, 7) is 4.95. The maximum absolute atomic E-state index is 5.26.